The first-order valence-electron chi connectivity index (χ1n) is 5.94. The third kappa shape index (κ3) is 4.43. The molecule has 0 aliphatic rings. The molecule has 14 heavy (non-hydrogen) atoms. The van der Waals surface area contributed by atoms with E-state index in [1.54, 1.807) is 0 Å². The van der Waals surface area contributed by atoms with E-state index in [0.29, 0.717) is 6.10 Å². The molecule has 0 fully saturated rings. The Kier molecular flexibility index (Phi) is 7.20. The molecule has 2 heteroatoms. The molecule has 0 saturated heterocycles. The fraction of sp³-hybridized carbons (Fsp3) is 1.00. The fourth-order valence-electron chi connectivity index (χ4n) is 1.62. The fourth-order valence-corrected chi connectivity index (χ4v) is 1.62. The zero-order valence-corrected chi connectivity index (χ0v) is 10.5. The number of hydrogen-bond donors (Lipinski definition) is 1. The van der Waals surface area contributed by atoms with Gasteiger partial charge in [-0.3, -0.25) is 0 Å². The molecule has 2 unspecified atom stereocenters. The summed E-state index contributed by atoms with van der Waals surface area (Å²) in [4.78, 5) is 0. The predicted octanol–water partition coefficient (Wildman–Crippen LogP) is 2.97. The summed E-state index contributed by atoms with van der Waals surface area (Å²) in [6.07, 6.45) is 5.00. The van der Waals surface area contributed by atoms with E-state index in [4.69, 9.17) is 4.74 Å². The average molecular weight is 201 g/mol. The quantitative estimate of drug-likeness (QED) is 0.652. The highest BCUT2D eigenvalue weighted by Gasteiger charge is 2.25. The van der Waals surface area contributed by atoms with Gasteiger partial charge in [-0.05, 0) is 33.2 Å². The van der Waals surface area contributed by atoms with Crippen LogP contribution in [0.4, 0.5) is 0 Å². The summed E-state index contributed by atoms with van der Waals surface area (Å²) in [5.41, 5.74) is 0.193. The third-order valence-electron chi connectivity index (χ3n) is 3.15. The third-order valence-corrected chi connectivity index (χ3v) is 3.15. The molecule has 0 spiro atoms. The van der Waals surface area contributed by atoms with Crippen molar-refractivity contribution in [1.82, 2.24) is 5.32 Å². The van der Waals surface area contributed by atoms with E-state index in [2.05, 4.69) is 33.0 Å². The van der Waals surface area contributed by atoms with Gasteiger partial charge < -0.3 is 10.1 Å². The average Bonchev–Trinajstić information content (AvgIpc) is 2.24. The molecule has 0 heterocycles. The van der Waals surface area contributed by atoms with Gasteiger partial charge in [-0.1, -0.05) is 27.2 Å². The number of nitrogens with one attached hydrogen (secondary N) is 1. The van der Waals surface area contributed by atoms with Gasteiger partial charge in [0.1, 0.15) is 0 Å². The summed E-state index contributed by atoms with van der Waals surface area (Å²) in [7, 11) is 2.04. The Morgan fingerprint density at radius 3 is 2.29 bits per heavy atom. The SMILES string of the molecule is CCCC(CC)(COC(C)CC)NC. The number of hydrogen-bond acceptors (Lipinski definition) is 2. The summed E-state index contributed by atoms with van der Waals surface area (Å²) >= 11 is 0. The van der Waals surface area contributed by atoms with Crippen molar-refractivity contribution in [3.63, 3.8) is 0 Å². The molecule has 0 radical (unpaired) electrons. The van der Waals surface area contributed by atoms with Gasteiger partial charge in [-0.15, -0.1) is 0 Å². The first-order chi connectivity index (χ1) is 6.64. The minimum atomic E-state index is 0.193. The molecule has 0 amide bonds. The Hall–Kier alpha value is -0.0800. The Balaban J connectivity index is 4.06. The number of rotatable bonds is 8. The summed E-state index contributed by atoms with van der Waals surface area (Å²) in [5, 5.41) is 3.42. The highest BCUT2D eigenvalue weighted by molar-refractivity contribution is 4.84. The molecule has 0 saturated carbocycles. The second-order valence-corrected chi connectivity index (χ2v) is 4.16. The Labute approximate surface area is 89.4 Å². The molecular formula is C12H27NO. The van der Waals surface area contributed by atoms with Crippen LogP contribution in [0.1, 0.15) is 53.4 Å². The second-order valence-electron chi connectivity index (χ2n) is 4.16. The normalized spacial score (nSPS) is 17.8. The Morgan fingerprint density at radius 2 is 1.93 bits per heavy atom. The van der Waals surface area contributed by atoms with Crippen LogP contribution in [0.5, 0.6) is 0 Å². The predicted molar refractivity (Wildman–Crippen MR) is 62.7 cm³/mol. The molecule has 2 nitrogen and oxygen atoms in total. The lowest BCUT2D eigenvalue weighted by atomic mass is 9.92. The van der Waals surface area contributed by atoms with Crippen molar-refractivity contribution >= 4 is 0 Å². The highest BCUT2D eigenvalue weighted by atomic mass is 16.5. The molecule has 2 atom stereocenters. The largest absolute Gasteiger partial charge is 0.377 e. The molecule has 0 aromatic heterocycles. The summed E-state index contributed by atoms with van der Waals surface area (Å²) in [5.74, 6) is 0. The Bertz CT molecular complexity index is 132. The van der Waals surface area contributed by atoms with E-state index < -0.39 is 0 Å². The topological polar surface area (TPSA) is 21.3 Å². The summed E-state index contributed by atoms with van der Waals surface area (Å²) in [6, 6.07) is 0. The van der Waals surface area contributed by atoms with Crippen molar-refractivity contribution in [2.75, 3.05) is 13.7 Å². The molecule has 0 aromatic carbocycles. The molecule has 86 valence electrons. The van der Waals surface area contributed by atoms with Gasteiger partial charge in [0.25, 0.3) is 0 Å². The van der Waals surface area contributed by atoms with Crippen LogP contribution < -0.4 is 5.32 Å². The molecule has 0 aromatic rings. The number of likely N-dealkylation sites (N-methyl/N-ethyl adjacent to an activating group) is 1. The van der Waals surface area contributed by atoms with E-state index in [1.165, 1.54) is 12.8 Å². The standard InChI is InChI=1S/C12H27NO/c1-6-9-12(8-3,13-5)10-14-11(4)7-2/h11,13H,6-10H2,1-5H3. The lowest BCUT2D eigenvalue weighted by Gasteiger charge is -2.33. The second kappa shape index (κ2) is 7.24. The van der Waals surface area contributed by atoms with Gasteiger partial charge in [0.05, 0.1) is 12.7 Å². The van der Waals surface area contributed by atoms with Crippen LogP contribution in [0.2, 0.25) is 0 Å². The minimum absolute atomic E-state index is 0.193. The first kappa shape index (κ1) is 13.9. The van der Waals surface area contributed by atoms with Gasteiger partial charge >= 0.3 is 0 Å². The molecule has 1 N–H and O–H groups in total. The lowest BCUT2D eigenvalue weighted by Crippen LogP contribution is -2.47. The summed E-state index contributed by atoms with van der Waals surface area (Å²) in [6.45, 7) is 9.60. The van der Waals surface area contributed by atoms with Gasteiger partial charge in [-0.2, -0.15) is 0 Å². The maximum absolute atomic E-state index is 5.83. The van der Waals surface area contributed by atoms with E-state index >= 15 is 0 Å². The van der Waals surface area contributed by atoms with Crippen molar-refractivity contribution < 1.29 is 4.74 Å². The van der Waals surface area contributed by atoms with Crippen molar-refractivity contribution in [1.29, 1.82) is 0 Å². The molecular weight excluding hydrogens is 174 g/mol. The van der Waals surface area contributed by atoms with E-state index in [0.717, 1.165) is 19.4 Å². The lowest BCUT2D eigenvalue weighted by molar-refractivity contribution is 0.0141. The zero-order chi connectivity index (χ0) is 11.0. The van der Waals surface area contributed by atoms with Crippen LogP contribution in [-0.4, -0.2) is 25.3 Å². The highest BCUT2D eigenvalue weighted by Crippen LogP contribution is 2.18. The van der Waals surface area contributed by atoms with E-state index in [-0.39, 0.29) is 5.54 Å². The van der Waals surface area contributed by atoms with Crippen LogP contribution in [0, 0.1) is 0 Å². The zero-order valence-electron chi connectivity index (χ0n) is 10.5. The maximum atomic E-state index is 5.83. The van der Waals surface area contributed by atoms with Gasteiger partial charge in [0.2, 0.25) is 0 Å². The van der Waals surface area contributed by atoms with Crippen LogP contribution in [0.3, 0.4) is 0 Å². The molecule has 0 aliphatic carbocycles. The smallest absolute Gasteiger partial charge is 0.0651 e. The molecule has 0 aliphatic heterocycles. The molecule has 0 rings (SSSR count). The summed E-state index contributed by atoms with van der Waals surface area (Å²) < 4.78 is 5.83. The van der Waals surface area contributed by atoms with Crippen LogP contribution in [-0.2, 0) is 4.74 Å². The minimum Gasteiger partial charge on any atom is -0.377 e. The van der Waals surface area contributed by atoms with Gasteiger partial charge in [0.15, 0.2) is 0 Å². The monoisotopic (exact) mass is 201 g/mol. The van der Waals surface area contributed by atoms with Crippen LogP contribution in [0.15, 0.2) is 0 Å². The van der Waals surface area contributed by atoms with Gasteiger partial charge in [-0.25, -0.2) is 0 Å². The van der Waals surface area contributed by atoms with Crippen molar-refractivity contribution in [2.24, 2.45) is 0 Å². The van der Waals surface area contributed by atoms with Gasteiger partial charge in [0, 0.05) is 5.54 Å². The maximum Gasteiger partial charge on any atom is 0.0651 e. The van der Waals surface area contributed by atoms with Crippen molar-refractivity contribution in [3.05, 3.63) is 0 Å². The van der Waals surface area contributed by atoms with Crippen molar-refractivity contribution in [2.45, 2.75) is 65.0 Å². The van der Waals surface area contributed by atoms with Crippen LogP contribution >= 0.6 is 0 Å². The Morgan fingerprint density at radius 1 is 1.29 bits per heavy atom. The number of ether oxygens (including phenoxy) is 1. The van der Waals surface area contributed by atoms with Crippen molar-refractivity contribution in [3.8, 4) is 0 Å². The van der Waals surface area contributed by atoms with E-state index in [9.17, 15) is 0 Å². The first-order valence-corrected chi connectivity index (χ1v) is 5.94. The van der Waals surface area contributed by atoms with Crippen LogP contribution in [0.25, 0.3) is 0 Å². The molecule has 0 bridgehead atoms. The van der Waals surface area contributed by atoms with E-state index in [1.807, 2.05) is 7.05 Å².